The van der Waals surface area contributed by atoms with Crippen LogP contribution >= 0.6 is 11.6 Å². The quantitative estimate of drug-likeness (QED) is 0.547. The fourth-order valence-corrected chi connectivity index (χ4v) is 2.19. The molecule has 0 radical (unpaired) electrons. The topological polar surface area (TPSA) is 73.1 Å². The van der Waals surface area contributed by atoms with E-state index in [1.807, 2.05) is 42.5 Å². The highest BCUT2D eigenvalue weighted by atomic mass is 35.5. The third-order valence-corrected chi connectivity index (χ3v) is 3.36. The van der Waals surface area contributed by atoms with Gasteiger partial charge in [-0.2, -0.15) is 0 Å². The molecule has 0 fully saturated rings. The van der Waals surface area contributed by atoms with Gasteiger partial charge in [0.25, 0.3) is 0 Å². The molecule has 3 N–H and O–H groups in total. The van der Waals surface area contributed by atoms with Crippen LogP contribution in [-0.2, 0) is 6.61 Å². The molecule has 0 unspecified atom stereocenters. The van der Waals surface area contributed by atoms with Crippen LogP contribution in [0.2, 0.25) is 5.15 Å². The molecule has 0 aliphatic rings. The lowest BCUT2D eigenvalue weighted by atomic mass is 10.2. The molecule has 6 heteroatoms. The Hall–Kier alpha value is -2.79. The molecule has 3 aromatic rings. The molecule has 0 amide bonds. The Morgan fingerprint density at radius 3 is 2.61 bits per heavy atom. The number of aromatic nitrogens is 2. The van der Waals surface area contributed by atoms with Gasteiger partial charge in [0, 0.05) is 11.8 Å². The lowest BCUT2D eigenvalue weighted by molar-refractivity contribution is 0.308. The normalized spacial score (nSPS) is 10.3. The van der Waals surface area contributed by atoms with Gasteiger partial charge in [0.05, 0.1) is 5.69 Å². The van der Waals surface area contributed by atoms with Crippen LogP contribution in [0.4, 0.5) is 17.2 Å². The summed E-state index contributed by atoms with van der Waals surface area (Å²) in [5.41, 5.74) is 8.48. The maximum Gasteiger partial charge on any atom is 0.142 e. The summed E-state index contributed by atoms with van der Waals surface area (Å²) in [5.74, 6) is 1.24. The van der Waals surface area contributed by atoms with Gasteiger partial charge < -0.3 is 15.8 Å². The number of hydrogen-bond acceptors (Lipinski definition) is 5. The summed E-state index contributed by atoms with van der Waals surface area (Å²) in [5, 5.41) is 3.49. The van der Waals surface area contributed by atoms with Crippen LogP contribution in [0.5, 0.6) is 5.75 Å². The second-order valence-corrected chi connectivity index (χ2v) is 5.27. The third kappa shape index (κ3) is 4.11. The summed E-state index contributed by atoms with van der Waals surface area (Å²) in [7, 11) is 0. The lowest BCUT2D eigenvalue weighted by Gasteiger charge is -2.11. The first-order chi connectivity index (χ1) is 11.2. The summed E-state index contributed by atoms with van der Waals surface area (Å²) in [4.78, 5) is 7.92. The predicted octanol–water partition coefficient (Wildman–Crippen LogP) is 4.03. The molecule has 23 heavy (non-hydrogen) atoms. The van der Waals surface area contributed by atoms with E-state index >= 15 is 0 Å². The zero-order valence-corrected chi connectivity index (χ0v) is 13.0. The van der Waals surface area contributed by atoms with Gasteiger partial charge in [-0.3, -0.25) is 0 Å². The van der Waals surface area contributed by atoms with Gasteiger partial charge in [0.2, 0.25) is 0 Å². The van der Waals surface area contributed by atoms with Crippen LogP contribution in [0.3, 0.4) is 0 Å². The number of hydrogen-bond donors (Lipinski definition) is 2. The molecule has 116 valence electrons. The average molecular weight is 327 g/mol. The van der Waals surface area contributed by atoms with Gasteiger partial charge in [0.1, 0.15) is 29.7 Å². The van der Waals surface area contributed by atoms with E-state index in [0.29, 0.717) is 29.0 Å². The van der Waals surface area contributed by atoms with Crippen molar-refractivity contribution in [2.45, 2.75) is 6.61 Å². The molecule has 0 atom stereocenters. The van der Waals surface area contributed by atoms with Crippen molar-refractivity contribution in [3.63, 3.8) is 0 Å². The first-order valence-corrected chi connectivity index (χ1v) is 7.39. The fourth-order valence-electron chi connectivity index (χ4n) is 2.04. The molecule has 0 saturated carbocycles. The Morgan fingerprint density at radius 2 is 1.87 bits per heavy atom. The van der Waals surface area contributed by atoms with Gasteiger partial charge in [-0.15, -0.1) is 0 Å². The minimum atomic E-state index is 0.373. The van der Waals surface area contributed by atoms with Gasteiger partial charge in [0.15, 0.2) is 0 Å². The van der Waals surface area contributed by atoms with Crippen LogP contribution in [0.15, 0.2) is 60.9 Å². The number of ether oxygens (including phenoxy) is 1. The van der Waals surface area contributed by atoms with E-state index in [2.05, 4.69) is 15.3 Å². The smallest absolute Gasteiger partial charge is 0.142 e. The standard InChI is InChI=1S/C17H15ClN4O/c18-16-9-17(21-11-20-16)22-13-6-7-15(14(19)8-13)23-10-12-4-2-1-3-5-12/h1-9,11H,10,19H2,(H,20,21,22). The van der Waals surface area contributed by atoms with E-state index < -0.39 is 0 Å². The Labute approximate surface area is 139 Å². The second-order valence-electron chi connectivity index (χ2n) is 4.88. The first kappa shape index (κ1) is 15.1. The number of nitrogens with zero attached hydrogens (tertiary/aromatic N) is 2. The molecular formula is C17H15ClN4O. The highest BCUT2D eigenvalue weighted by Gasteiger charge is 2.04. The van der Waals surface area contributed by atoms with Gasteiger partial charge >= 0.3 is 0 Å². The summed E-state index contributed by atoms with van der Waals surface area (Å²) in [6.45, 7) is 0.472. The Morgan fingerprint density at radius 1 is 1.04 bits per heavy atom. The molecule has 0 bridgehead atoms. The molecule has 1 heterocycles. The van der Waals surface area contributed by atoms with Gasteiger partial charge in [-0.05, 0) is 23.8 Å². The number of nitrogens with two attached hydrogens (primary N) is 1. The van der Waals surface area contributed by atoms with Crippen molar-refractivity contribution in [1.29, 1.82) is 0 Å². The minimum Gasteiger partial charge on any atom is -0.487 e. The maximum absolute atomic E-state index is 6.05. The minimum absolute atomic E-state index is 0.373. The van der Waals surface area contributed by atoms with Crippen LogP contribution in [-0.4, -0.2) is 9.97 Å². The van der Waals surface area contributed by atoms with Gasteiger partial charge in [-0.25, -0.2) is 9.97 Å². The number of rotatable bonds is 5. The zero-order valence-electron chi connectivity index (χ0n) is 12.2. The summed E-state index contributed by atoms with van der Waals surface area (Å²) in [6.07, 6.45) is 1.39. The maximum atomic E-state index is 6.05. The van der Waals surface area contributed by atoms with Crippen molar-refractivity contribution in [2.75, 3.05) is 11.1 Å². The molecule has 2 aromatic carbocycles. The predicted molar refractivity (Wildman–Crippen MR) is 92.0 cm³/mol. The van der Waals surface area contributed by atoms with Crippen molar-refractivity contribution >= 4 is 28.8 Å². The number of nitrogens with one attached hydrogen (secondary N) is 1. The van der Waals surface area contributed by atoms with E-state index in [4.69, 9.17) is 22.1 Å². The molecule has 0 aliphatic heterocycles. The van der Waals surface area contributed by atoms with Crippen LogP contribution in [0.25, 0.3) is 0 Å². The Kier molecular flexibility index (Phi) is 4.59. The van der Waals surface area contributed by atoms with Gasteiger partial charge in [-0.1, -0.05) is 41.9 Å². The average Bonchev–Trinajstić information content (AvgIpc) is 2.55. The highest BCUT2D eigenvalue weighted by molar-refractivity contribution is 6.29. The highest BCUT2D eigenvalue weighted by Crippen LogP contribution is 2.27. The third-order valence-electron chi connectivity index (χ3n) is 3.15. The SMILES string of the molecule is Nc1cc(Nc2cc(Cl)ncn2)ccc1OCc1ccccc1. The molecule has 0 saturated heterocycles. The van der Waals surface area contributed by atoms with E-state index in [1.54, 1.807) is 12.1 Å². The van der Waals surface area contributed by atoms with Crippen LogP contribution in [0, 0.1) is 0 Å². The van der Waals surface area contributed by atoms with Crippen molar-refractivity contribution < 1.29 is 4.74 Å². The largest absolute Gasteiger partial charge is 0.487 e. The van der Waals surface area contributed by atoms with Crippen molar-refractivity contribution in [3.05, 3.63) is 71.6 Å². The summed E-state index contributed by atoms with van der Waals surface area (Å²) >= 11 is 5.83. The summed E-state index contributed by atoms with van der Waals surface area (Å²) in [6, 6.07) is 17.0. The molecule has 1 aromatic heterocycles. The number of benzene rings is 2. The molecular weight excluding hydrogens is 312 g/mol. The van der Waals surface area contributed by atoms with Crippen LogP contribution < -0.4 is 15.8 Å². The number of nitrogen functional groups attached to an aromatic ring is 1. The van der Waals surface area contributed by atoms with E-state index in [1.165, 1.54) is 6.33 Å². The molecule has 3 rings (SSSR count). The number of halogens is 1. The zero-order chi connectivity index (χ0) is 16.1. The molecule has 0 spiro atoms. The van der Waals surface area contributed by atoms with Crippen molar-refractivity contribution in [1.82, 2.24) is 9.97 Å². The van der Waals surface area contributed by atoms with E-state index in [0.717, 1.165) is 11.3 Å². The van der Waals surface area contributed by atoms with Crippen molar-refractivity contribution in [3.8, 4) is 5.75 Å². The van der Waals surface area contributed by atoms with E-state index in [9.17, 15) is 0 Å². The molecule has 0 aliphatic carbocycles. The second kappa shape index (κ2) is 6.98. The Balaban J connectivity index is 1.68. The monoisotopic (exact) mass is 326 g/mol. The lowest BCUT2D eigenvalue weighted by Crippen LogP contribution is -2.00. The number of anilines is 3. The summed E-state index contributed by atoms with van der Waals surface area (Å²) < 4.78 is 5.75. The first-order valence-electron chi connectivity index (χ1n) is 7.01. The fraction of sp³-hybridized carbons (Fsp3) is 0.0588. The molecule has 5 nitrogen and oxygen atoms in total. The van der Waals surface area contributed by atoms with Crippen LogP contribution in [0.1, 0.15) is 5.56 Å². The Bertz CT molecular complexity index is 796. The van der Waals surface area contributed by atoms with Crippen molar-refractivity contribution in [2.24, 2.45) is 0 Å². The van der Waals surface area contributed by atoms with E-state index in [-0.39, 0.29) is 0 Å².